The quantitative estimate of drug-likeness (QED) is 0.571. The van der Waals surface area contributed by atoms with Gasteiger partial charge in [0.2, 0.25) is 5.96 Å². The van der Waals surface area contributed by atoms with E-state index in [0.717, 1.165) is 37.2 Å². The summed E-state index contributed by atoms with van der Waals surface area (Å²) in [6, 6.07) is 19.4. The summed E-state index contributed by atoms with van der Waals surface area (Å²) in [6.07, 6.45) is 3.19. The fraction of sp³-hybridized carbons (Fsp3) is 0.227. The predicted molar refractivity (Wildman–Crippen MR) is 109 cm³/mol. The molecule has 0 atom stereocenters. The first kappa shape index (κ1) is 15.3. The van der Waals surface area contributed by atoms with Gasteiger partial charge in [-0.25, -0.2) is 0 Å². The molecule has 1 heterocycles. The third kappa shape index (κ3) is 2.25. The van der Waals surface area contributed by atoms with Gasteiger partial charge in [0.25, 0.3) is 0 Å². The minimum absolute atomic E-state index is 0.529. The summed E-state index contributed by atoms with van der Waals surface area (Å²) >= 11 is 0. The highest BCUT2D eigenvalue weighted by Gasteiger charge is 2.22. The Morgan fingerprint density at radius 2 is 1.81 bits per heavy atom. The van der Waals surface area contributed by atoms with Gasteiger partial charge in [0.05, 0.1) is 5.69 Å². The number of guanidine groups is 1. The van der Waals surface area contributed by atoms with Gasteiger partial charge in [-0.15, -0.1) is 5.10 Å². The number of hydrogen-bond donors (Lipinski definition) is 1. The van der Waals surface area contributed by atoms with Crippen LogP contribution in [0.2, 0.25) is 0 Å². The molecule has 5 rings (SSSR count). The van der Waals surface area contributed by atoms with Crippen molar-refractivity contribution < 1.29 is 0 Å². The molecule has 0 aromatic heterocycles. The molecular formula is C22H22N4. The van der Waals surface area contributed by atoms with Gasteiger partial charge < -0.3 is 10.6 Å². The monoisotopic (exact) mass is 342 g/mol. The normalized spacial score (nSPS) is 15.6. The fourth-order valence-electron chi connectivity index (χ4n) is 4.30. The molecule has 3 aromatic rings. The van der Waals surface area contributed by atoms with Crippen molar-refractivity contribution in [2.24, 2.45) is 10.8 Å². The molecule has 130 valence electrons. The molecule has 0 saturated carbocycles. The van der Waals surface area contributed by atoms with Crippen molar-refractivity contribution in [3.63, 3.8) is 0 Å². The zero-order chi connectivity index (χ0) is 17.7. The molecule has 0 saturated heterocycles. The van der Waals surface area contributed by atoms with Crippen molar-refractivity contribution in [3.8, 4) is 0 Å². The Labute approximate surface area is 153 Å². The molecule has 0 bridgehead atoms. The molecule has 4 heteroatoms. The number of para-hydroxylation sites is 1. The fourth-order valence-corrected chi connectivity index (χ4v) is 4.30. The lowest BCUT2D eigenvalue weighted by Crippen LogP contribution is -2.37. The lowest BCUT2D eigenvalue weighted by Gasteiger charge is -2.23. The number of aryl methyl sites for hydroxylation is 2. The summed E-state index contributed by atoms with van der Waals surface area (Å²) < 4.78 is 0. The zero-order valence-corrected chi connectivity index (χ0v) is 14.9. The van der Waals surface area contributed by atoms with Crippen LogP contribution in [0.15, 0.2) is 59.7 Å². The predicted octanol–water partition coefficient (Wildman–Crippen LogP) is 3.67. The largest absolute Gasteiger partial charge is 0.368 e. The van der Waals surface area contributed by atoms with Crippen molar-refractivity contribution in [3.05, 3.63) is 71.3 Å². The number of benzene rings is 3. The first-order valence-electron chi connectivity index (χ1n) is 9.19. The molecule has 0 amide bonds. The molecule has 1 aliphatic heterocycles. The van der Waals surface area contributed by atoms with E-state index in [0.29, 0.717) is 5.96 Å². The Bertz CT molecular complexity index is 1040. The van der Waals surface area contributed by atoms with Crippen LogP contribution in [0, 0.1) is 0 Å². The van der Waals surface area contributed by atoms with Gasteiger partial charge in [0.1, 0.15) is 0 Å². The van der Waals surface area contributed by atoms with Crippen molar-refractivity contribution >= 4 is 28.1 Å². The second kappa shape index (κ2) is 5.77. The second-order valence-corrected chi connectivity index (χ2v) is 7.10. The van der Waals surface area contributed by atoms with Gasteiger partial charge in [-0.2, -0.15) is 0 Å². The Morgan fingerprint density at radius 1 is 0.962 bits per heavy atom. The highest BCUT2D eigenvalue weighted by atomic mass is 15.5. The van der Waals surface area contributed by atoms with Gasteiger partial charge in [0, 0.05) is 19.3 Å². The number of anilines is 2. The molecule has 0 fully saturated rings. The zero-order valence-electron chi connectivity index (χ0n) is 14.9. The smallest absolute Gasteiger partial charge is 0.218 e. The summed E-state index contributed by atoms with van der Waals surface area (Å²) in [5, 5.41) is 9.46. The van der Waals surface area contributed by atoms with Gasteiger partial charge in [-0.05, 0) is 58.9 Å². The number of nitrogens with zero attached hydrogens (tertiary/aromatic N) is 3. The molecule has 0 radical (unpaired) electrons. The van der Waals surface area contributed by atoms with E-state index in [4.69, 9.17) is 10.8 Å². The first-order valence-corrected chi connectivity index (χ1v) is 9.19. The van der Waals surface area contributed by atoms with Crippen molar-refractivity contribution in [2.45, 2.75) is 19.3 Å². The third-order valence-corrected chi connectivity index (χ3v) is 5.65. The van der Waals surface area contributed by atoms with Gasteiger partial charge >= 0.3 is 0 Å². The average molecular weight is 342 g/mol. The molecule has 4 nitrogen and oxygen atoms in total. The molecule has 0 spiro atoms. The van der Waals surface area contributed by atoms with Crippen molar-refractivity contribution in [2.75, 3.05) is 23.5 Å². The second-order valence-electron chi connectivity index (χ2n) is 7.10. The van der Waals surface area contributed by atoms with E-state index in [9.17, 15) is 0 Å². The average Bonchev–Trinajstić information content (AvgIpc) is 3.28. The van der Waals surface area contributed by atoms with Crippen LogP contribution in [0.5, 0.6) is 0 Å². The number of nitrogens with two attached hydrogens (primary N) is 1. The lowest BCUT2D eigenvalue weighted by atomic mass is 10.0. The minimum atomic E-state index is 0.529. The topological polar surface area (TPSA) is 44.9 Å². The van der Waals surface area contributed by atoms with Gasteiger partial charge in [0.15, 0.2) is 0 Å². The Balaban J connectivity index is 1.51. The Kier molecular flexibility index (Phi) is 3.38. The van der Waals surface area contributed by atoms with Crippen LogP contribution >= 0.6 is 0 Å². The van der Waals surface area contributed by atoms with E-state index >= 15 is 0 Å². The highest BCUT2D eigenvalue weighted by molar-refractivity contribution is 6.01. The van der Waals surface area contributed by atoms with E-state index in [1.165, 1.54) is 27.5 Å². The number of rotatable bonds is 2. The minimum Gasteiger partial charge on any atom is -0.368 e. The summed E-state index contributed by atoms with van der Waals surface area (Å²) in [7, 11) is 2.01. The molecule has 0 unspecified atom stereocenters. The molecule has 2 aliphatic rings. The summed E-state index contributed by atoms with van der Waals surface area (Å²) in [6.45, 7) is 0.878. The molecule has 26 heavy (non-hydrogen) atoms. The number of hydrogen-bond acceptors (Lipinski definition) is 2. The van der Waals surface area contributed by atoms with Crippen molar-refractivity contribution in [1.29, 1.82) is 0 Å². The van der Waals surface area contributed by atoms with Crippen LogP contribution in [0.1, 0.15) is 16.7 Å². The van der Waals surface area contributed by atoms with Crippen LogP contribution in [0.25, 0.3) is 10.8 Å². The van der Waals surface area contributed by atoms with Gasteiger partial charge in [-0.1, -0.05) is 42.5 Å². The van der Waals surface area contributed by atoms with Gasteiger partial charge in [-0.3, -0.25) is 5.01 Å². The SMILES string of the molecule is CN(C(N)=NN1CCc2ccccc21)c1ccc2cccc3c2c1CC3. The number of fused-ring (bicyclic) bond motifs is 1. The van der Waals surface area contributed by atoms with Crippen LogP contribution in [0.3, 0.4) is 0 Å². The van der Waals surface area contributed by atoms with Crippen LogP contribution in [-0.4, -0.2) is 19.6 Å². The van der Waals surface area contributed by atoms with Crippen LogP contribution in [0.4, 0.5) is 11.4 Å². The summed E-state index contributed by atoms with van der Waals surface area (Å²) in [5.41, 5.74) is 12.9. The molecule has 2 N–H and O–H groups in total. The maximum Gasteiger partial charge on any atom is 0.218 e. The number of hydrazone groups is 1. The van der Waals surface area contributed by atoms with Crippen LogP contribution < -0.4 is 15.6 Å². The third-order valence-electron chi connectivity index (χ3n) is 5.65. The Morgan fingerprint density at radius 3 is 2.73 bits per heavy atom. The van der Waals surface area contributed by atoms with E-state index in [1.54, 1.807) is 0 Å². The standard InChI is InChI=1S/C22H22N4/c1-25(22(23)24-26-14-13-15-5-2-3-8-19(15)26)20-12-10-17-7-4-6-16-9-11-18(20)21(16)17/h2-8,10,12H,9,11,13-14H2,1H3,(H2,23,24). The van der Waals surface area contributed by atoms with E-state index < -0.39 is 0 Å². The molecule has 3 aromatic carbocycles. The summed E-state index contributed by atoms with van der Waals surface area (Å²) in [4.78, 5) is 2.03. The van der Waals surface area contributed by atoms with Crippen LogP contribution in [-0.2, 0) is 19.3 Å². The summed E-state index contributed by atoms with van der Waals surface area (Å²) in [5.74, 6) is 0.529. The molecule has 1 aliphatic carbocycles. The van der Waals surface area contributed by atoms with E-state index in [1.807, 2.05) is 17.0 Å². The van der Waals surface area contributed by atoms with E-state index in [-0.39, 0.29) is 0 Å². The van der Waals surface area contributed by atoms with Crippen molar-refractivity contribution in [1.82, 2.24) is 0 Å². The van der Waals surface area contributed by atoms with E-state index in [2.05, 4.69) is 54.6 Å². The highest BCUT2D eigenvalue weighted by Crippen LogP contribution is 2.37. The first-order chi connectivity index (χ1) is 12.7. The Hall–Kier alpha value is -3.01. The maximum absolute atomic E-state index is 6.41. The molecular weight excluding hydrogens is 320 g/mol. The lowest BCUT2D eigenvalue weighted by molar-refractivity contribution is 0.883. The maximum atomic E-state index is 6.41.